The third-order valence-corrected chi connectivity index (χ3v) is 3.30. The van der Waals surface area contributed by atoms with Gasteiger partial charge in [-0.15, -0.1) is 0 Å². The van der Waals surface area contributed by atoms with Crippen molar-refractivity contribution in [1.82, 2.24) is 0 Å². The molecule has 0 saturated carbocycles. The number of hydrogen-bond donors (Lipinski definition) is 2. The molecule has 0 spiro atoms. The SMILES string of the molecule is O=C(O)c1cc(N2CCC(O)CC2)c([N+](=O)[O-])cc1F. The molecule has 7 nitrogen and oxygen atoms in total. The first-order chi connectivity index (χ1) is 9.40. The maximum absolute atomic E-state index is 13.5. The zero-order chi connectivity index (χ0) is 14.9. The van der Waals surface area contributed by atoms with E-state index in [1.54, 1.807) is 4.90 Å². The van der Waals surface area contributed by atoms with E-state index >= 15 is 0 Å². The number of piperidine rings is 1. The van der Waals surface area contributed by atoms with Gasteiger partial charge in [-0.3, -0.25) is 10.1 Å². The van der Waals surface area contributed by atoms with E-state index in [2.05, 4.69) is 0 Å². The number of carboxylic acid groups (broad SMARTS) is 1. The molecule has 0 unspecified atom stereocenters. The number of aliphatic hydroxyl groups is 1. The van der Waals surface area contributed by atoms with E-state index < -0.39 is 34.1 Å². The highest BCUT2D eigenvalue weighted by Crippen LogP contribution is 2.33. The summed E-state index contributed by atoms with van der Waals surface area (Å²) in [4.78, 5) is 22.8. The number of rotatable bonds is 3. The highest BCUT2D eigenvalue weighted by molar-refractivity contribution is 5.90. The summed E-state index contributed by atoms with van der Waals surface area (Å²) in [6.45, 7) is 0.708. The Hall–Kier alpha value is -2.22. The van der Waals surface area contributed by atoms with Crippen LogP contribution in [0, 0.1) is 15.9 Å². The van der Waals surface area contributed by atoms with Gasteiger partial charge in [0.25, 0.3) is 5.69 Å². The van der Waals surface area contributed by atoms with Crippen molar-refractivity contribution < 1.29 is 24.3 Å². The number of carbonyl (C=O) groups is 1. The van der Waals surface area contributed by atoms with Crippen LogP contribution >= 0.6 is 0 Å². The van der Waals surface area contributed by atoms with Gasteiger partial charge in [0.05, 0.1) is 22.7 Å². The van der Waals surface area contributed by atoms with Crippen LogP contribution in [0.25, 0.3) is 0 Å². The van der Waals surface area contributed by atoms with Crippen molar-refractivity contribution in [2.45, 2.75) is 18.9 Å². The third kappa shape index (κ3) is 2.69. The number of halogens is 1. The monoisotopic (exact) mass is 284 g/mol. The largest absolute Gasteiger partial charge is 0.478 e. The minimum absolute atomic E-state index is 0.0701. The molecule has 8 heteroatoms. The summed E-state index contributed by atoms with van der Waals surface area (Å²) in [6, 6.07) is 1.61. The average molecular weight is 284 g/mol. The predicted molar refractivity (Wildman–Crippen MR) is 67.5 cm³/mol. The van der Waals surface area contributed by atoms with Crippen LogP contribution in [0.1, 0.15) is 23.2 Å². The number of nitrogens with zero attached hydrogens (tertiary/aromatic N) is 2. The number of nitro groups is 1. The Labute approximate surface area is 113 Å². The van der Waals surface area contributed by atoms with Crippen molar-refractivity contribution in [1.29, 1.82) is 0 Å². The standard InChI is InChI=1S/C12H13FN2O5/c13-9-6-11(15(19)20)10(5-8(9)12(17)18)14-3-1-7(16)2-4-14/h5-7,16H,1-4H2,(H,17,18). The molecule has 1 aliphatic heterocycles. The van der Waals surface area contributed by atoms with Crippen LogP contribution in [0.2, 0.25) is 0 Å². The minimum atomic E-state index is -1.48. The number of nitro benzene ring substituents is 1. The minimum Gasteiger partial charge on any atom is -0.478 e. The molecule has 20 heavy (non-hydrogen) atoms. The summed E-state index contributed by atoms with van der Waals surface area (Å²) in [7, 11) is 0. The Morgan fingerprint density at radius 1 is 1.40 bits per heavy atom. The highest BCUT2D eigenvalue weighted by atomic mass is 19.1. The van der Waals surface area contributed by atoms with E-state index in [1.807, 2.05) is 0 Å². The second-order valence-corrected chi connectivity index (χ2v) is 4.60. The van der Waals surface area contributed by atoms with Crippen molar-refractivity contribution in [2.24, 2.45) is 0 Å². The van der Waals surface area contributed by atoms with Crippen LogP contribution in [0.5, 0.6) is 0 Å². The third-order valence-electron chi connectivity index (χ3n) is 3.30. The lowest BCUT2D eigenvalue weighted by molar-refractivity contribution is -0.384. The fourth-order valence-electron chi connectivity index (χ4n) is 2.22. The van der Waals surface area contributed by atoms with Gasteiger partial charge in [0.2, 0.25) is 0 Å². The molecule has 2 N–H and O–H groups in total. The molecule has 1 aromatic rings. The maximum atomic E-state index is 13.5. The quantitative estimate of drug-likeness (QED) is 0.642. The van der Waals surface area contributed by atoms with E-state index in [0.29, 0.717) is 32.0 Å². The fraction of sp³-hybridized carbons (Fsp3) is 0.417. The molecule has 1 saturated heterocycles. The van der Waals surface area contributed by atoms with Gasteiger partial charge >= 0.3 is 5.97 Å². The fourth-order valence-corrected chi connectivity index (χ4v) is 2.22. The van der Waals surface area contributed by atoms with Gasteiger partial charge in [-0.05, 0) is 18.9 Å². The molecule has 2 rings (SSSR count). The molecule has 0 aliphatic carbocycles. The first kappa shape index (κ1) is 14.2. The topological polar surface area (TPSA) is 104 Å². The predicted octanol–water partition coefficient (Wildman–Crippen LogP) is 1.39. The van der Waals surface area contributed by atoms with E-state index in [4.69, 9.17) is 5.11 Å². The van der Waals surface area contributed by atoms with E-state index in [0.717, 1.165) is 6.07 Å². The van der Waals surface area contributed by atoms with E-state index in [1.165, 1.54) is 0 Å². The van der Waals surface area contributed by atoms with Crippen LogP contribution in [-0.2, 0) is 0 Å². The summed E-state index contributed by atoms with van der Waals surface area (Å²) in [5.41, 5.74) is -0.999. The summed E-state index contributed by atoms with van der Waals surface area (Å²) >= 11 is 0. The van der Waals surface area contributed by atoms with Crippen molar-refractivity contribution >= 4 is 17.3 Å². The van der Waals surface area contributed by atoms with Crippen molar-refractivity contribution in [2.75, 3.05) is 18.0 Å². The van der Waals surface area contributed by atoms with Gasteiger partial charge in [0.1, 0.15) is 11.5 Å². The van der Waals surface area contributed by atoms with Crippen LogP contribution < -0.4 is 4.90 Å². The van der Waals surface area contributed by atoms with Crippen molar-refractivity contribution in [3.63, 3.8) is 0 Å². The van der Waals surface area contributed by atoms with Gasteiger partial charge in [0, 0.05) is 13.1 Å². The van der Waals surface area contributed by atoms with E-state index in [9.17, 15) is 24.4 Å². The Kier molecular flexibility index (Phi) is 3.84. The number of anilines is 1. The van der Waals surface area contributed by atoms with Gasteiger partial charge in [-0.25, -0.2) is 9.18 Å². The molecular formula is C12H13FN2O5. The average Bonchev–Trinajstić information content (AvgIpc) is 2.39. The molecule has 0 aromatic heterocycles. The van der Waals surface area contributed by atoms with Crippen LogP contribution in [0.4, 0.5) is 15.8 Å². The summed E-state index contributed by atoms with van der Waals surface area (Å²) in [6.07, 6.45) is 0.387. The molecule has 1 aromatic carbocycles. The molecule has 1 fully saturated rings. The first-order valence-corrected chi connectivity index (χ1v) is 6.04. The molecule has 0 atom stereocenters. The smallest absolute Gasteiger partial charge is 0.338 e. The Morgan fingerprint density at radius 2 is 2.00 bits per heavy atom. The molecule has 0 amide bonds. The second-order valence-electron chi connectivity index (χ2n) is 4.60. The molecule has 0 bridgehead atoms. The lowest BCUT2D eigenvalue weighted by Gasteiger charge is -2.31. The number of hydrogen-bond acceptors (Lipinski definition) is 5. The van der Waals surface area contributed by atoms with Gasteiger partial charge in [-0.1, -0.05) is 0 Å². The van der Waals surface area contributed by atoms with Gasteiger partial charge in [0.15, 0.2) is 0 Å². The van der Waals surface area contributed by atoms with Crippen molar-refractivity contribution in [3.8, 4) is 0 Å². The molecule has 108 valence electrons. The second kappa shape index (κ2) is 5.41. The Balaban J connectivity index is 2.46. The normalized spacial score (nSPS) is 16.2. The zero-order valence-electron chi connectivity index (χ0n) is 10.5. The van der Waals surface area contributed by atoms with Crippen molar-refractivity contribution in [3.05, 3.63) is 33.6 Å². The zero-order valence-corrected chi connectivity index (χ0v) is 10.5. The molecule has 1 aliphatic rings. The summed E-state index contributed by atoms with van der Waals surface area (Å²) in [5, 5.41) is 29.3. The highest BCUT2D eigenvalue weighted by Gasteiger charge is 2.27. The van der Waals surface area contributed by atoms with Crippen LogP contribution in [0.15, 0.2) is 12.1 Å². The number of aromatic carboxylic acids is 1. The number of benzene rings is 1. The number of aliphatic hydroxyl groups excluding tert-OH is 1. The van der Waals surface area contributed by atoms with Crippen LogP contribution in [-0.4, -0.2) is 40.3 Å². The molecule has 0 radical (unpaired) electrons. The molecule has 1 heterocycles. The number of carboxylic acids is 1. The lowest BCUT2D eigenvalue weighted by atomic mass is 10.1. The van der Waals surface area contributed by atoms with Gasteiger partial charge in [-0.2, -0.15) is 0 Å². The van der Waals surface area contributed by atoms with E-state index in [-0.39, 0.29) is 5.69 Å². The lowest BCUT2D eigenvalue weighted by Crippen LogP contribution is -2.36. The maximum Gasteiger partial charge on any atom is 0.338 e. The Morgan fingerprint density at radius 3 is 2.50 bits per heavy atom. The summed E-state index contributed by atoms with van der Waals surface area (Å²) in [5.74, 6) is -2.61. The Bertz CT molecular complexity index is 555. The molecular weight excluding hydrogens is 271 g/mol. The van der Waals surface area contributed by atoms with Crippen LogP contribution in [0.3, 0.4) is 0 Å². The van der Waals surface area contributed by atoms with Gasteiger partial charge < -0.3 is 15.1 Å². The summed E-state index contributed by atoms with van der Waals surface area (Å²) < 4.78 is 13.5. The first-order valence-electron chi connectivity index (χ1n) is 6.04.